The number of rotatable bonds is 6. The molecule has 0 saturated heterocycles. The molecule has 0 amide bonds. The van der Waals surface area contributed by atoms with Gasteiger partial charge in [0.1, 0.15) is 0 Å². The minimum atomic E-state index is 0.814. The van der Waals surface area contributed by atoms with E-state index in [-0.39, 0.29) is 0 Å². The van der Waals surface area contributed by atoms with Crippen LogP contribution in [0.4, 0.5) is 11.4 Å². The van der Waals surface area contributed by atoms with Crippen molar-refractivity contribution in [2.45, 2.75) is 40.0 Å². The molecule has 1 rings (SSSR count). The normalized spacial score (nSPS) is 10.8. The summed E-state index contributed by atoms with van der Waals surface area (Å²) in [4.78, 5) is 0. The maximum absolute atomic E-state index is 5.76. The van der Waals surface area contributed by atoms with Crippen LogP contribution in [0.2, 0.25) is 0 Å². The van der Waals surface area contributed by atoms with E-state index in [0.29, 0.717) is 0 Å². The summed E-state index contributed by atoms with van der Waals surface area (Å²) in [7, 11) is 0. The highest BCUT2D eigenvalue weighted by molar-refractivity contribution is 5.59. The quantitative estimate of drug-likeness (QED) is 0.565. The van der Waals surface area contributed by atoms with E-state index in [2.05, 4.69) is 32.2 Å². The molecule has 3 N–H and O–H groups in total. The summed E-state index contributed by atoms with van der Waals surface area (Å²) in [6.07, 6.45) is 3.84. The van der Waals surface area contributed by atoms with Gasteiger partial charge in [-0.2, -0.15) is 0 Å². The van der Waals surface area contributed by atoms with Crippen LogP contribution in [0.3, 0.4) is 0 Å². The number of anilines is 2. The molecule has 0 fully saturated rings. The van der Waals surface area contributed by atoms with Gasteiger partial charge in [-0.15, -0.1) is 0 Å². The summed E-state index contributed by atoms with van der Waals surface area (Å²) >= 11 is 0. The molecule has 0 aliphatic carbocycles. The SMILES string of the molecule is Cc1ccc(N)cc1NCCCCC(C)C. The second-order valence-electron chi connectivity index (χ2n) is 4.89. The van der Waals surface area contributed by atoms with E-state index in [9.17, 15) is 0 Å². The zero-order chi connectivity index (χ0) is 12.0. The molecule has 90 valence electrons. The van der Waals surface area contributed by atoms with Gasteiger partial charge >= 0.3 is 0 Å². The van der Waals surface area contributed by atoms with Crippen molar-refractivity contribution in [1.82, 2.24) is 0 Å². The Hall–Kier alpha value is -1.18. The monoisotopic (exact) mass is 220 g/mol. The Morgan fingerprint density at radius 2 is 2.00 bits per heavy atom. The Balaban J connectivity index is 2.29. The van der Waals surface area contributed by atoms with Crippen molar-refractivity contribution in [2.75, 3.05) is 17.6 Å². The van der Waals surface area contributed by atoms with E-state index in [0.717, 1.165) is 18.2 Å². The van der Waals surface area contributed by atoms with Gasteiger partial charge in [-0.25, -0.2) is 0 Å². The van der Waals surface area contributed by atoms with Gasteiger partial charge in [0.15, 0.2) is 0 Å². The van der Waals surface area contributed by atoms with Crippen LogP contribution in [0, 0.1) is 12.8 Å². The molecule has 0 heterocycles. The van der Waals surface area contributed by atoms with Gasteiger partial charge in [0, 0.05) is 17.9 Å². The summed E-state index contributed by atoms with van der Waals surface area (Å²) in [6.45, 7) is 7.69. The Morgan fingerprint density at radius 3 is 2.69 bits per heavy atom. The third-order valence-electron chi connectivity index (χ3n) is 2.79. The van der Waals surface area contributed by atoms with Crippen LogP contribution in [-0.4, -0.2) is 6.54 Å². The van der Waals surface area contributed by atoms with Crippen LogP contribution < -0.4 is 11.1 Å². The summed E-state index contributed by atoms with van der Waals surface area (Å²) in [6, 6.07) is 6.02. The molecule has 0 aliphatic heterocycles. The Bertz CT molecular complexity index is 319. The summed E-state index contributed by atoms with van der Waals surface area (Å²) in [5, 5.41) is 3.45. The number of hydrogen-bond acceptors (Lipinski definition) is 2. The number of benzene rings is 1. The van der Waals surface area contributed by atoms with Crippen LogP contribution in [0.15, 0.2) is 18.2 Å². The molecule has 2 heteroatoms. The van der Waals surface area contributed by atoms with Gasteiger partial charge in [0.05, 0.1) is 0 Å². The highest BCUT2D eigenvalue weighted by Gasteiger charge is 1.98. The smallest absolute Gasteiger partial charge is 0.0390 e. The second-order valence-corrected chi connectivity index (χ2v) is 4.89. The Morgan fingerprint density at radius 1 is 1.25 bits per heavy atom. The fraction of sp³-hybridized carbons (Fsp3) is 0.571. The van der Waals surface area contributed by atoms with Crippen molar-refractivity contribution in [2.24, 2.45) is 5.92 Å². The zero-order valence-electron chi connectivity index (χ0n) is 10.7. The lowest BCUT2D eigenvalue weighted by atomic mass is 10.1. The first-order chi connectivity index (χ1) is 7.59. The van der Waals surface area contributed by atoms with Crippen LogP contribution in [0.5, 0.6) is 0 Å². The summed E-state index contributed by atoms with van der Waals surface area (Å²) in [5.74, 6) is 0.814. The predicted molar refractivity (Wildman–Crippen MR) is 72.8 cm³/mol. The largest absolute Gasteiger partial charge is 0.399 e. The molecule has 1 aromatic carbocycles. The molecule has 1 aromatic rings. The maximum Gasteiger partial charge on any atom is 0.0390 e. The Labute approximate surface area is 99.2 Å². The van der Waals surface area contributed by atoms with Crippen molar-refractivity contribution in [1.29, 1.82) is 0 Å². The highest BCUT2D eigenvalue weighted by atomic mass is 14.9. The average Bonchev–Trinajstić information content (AvgIpc) is 2.22. The fourth-order valence-electron chi connectivity index (χ4n) is 1.73. The lowest BCUT2D eigenvalue weighted by Crippen LogP contribution is -2.04. The number of hydrogen-bond donors (Lipinski definition) is 2. The van der Waals surface area contributed by atoms with Crippen LogP contribution in [0.1, 0.15) is 38.7 Å². The molecular formula is C14H24N2. The minimum absolute atomic E-state index is 0.814. The number of aryl methyl sites for hydroxylation is 1. The van der Waals surface area contributed by atoms with Crippen molar-refractivity contribution >= 4 is 11.4 Å². The van der Waals surface area contributed by atoms with E-state index < -0.39 is 0 Å². The third-order valence-corrected chi connectivity index (χ3v) is 2.79. The number of nitrogens with one attached hydrogen (secondary N) is 1. The van der Waals surface area contributed by atoms with Crippen molar-refractivity contribution < 1.29 is 0 Å². The molecule has 0 bridgehead atoms. The summed E-state index contributed by atoms with van der Waals surface area (Å²) < 4.78 is 0. The molecule has 0 unspecified atom stereocenters. The first-order valence-corrected chi connectivity index (χ1v) is 6.19. The van der Waals surface area contributed by atoms with Gasteiger partial charge < -0.3 is 11.1 Å². The minimum Gasteiger partial charge on any atom is -0.399 e. The van der Waals surface area contributed by atoms with Gasteiger partial charge in [0.25, 0.3) is 0 Å². The lowest BCUT2D eigenvalue weighted by molar-refractivity contribution is 0.545. The van der Waals surface area contributed by atoms with E-state index in [1.165, 1.54) is 30.5 Å². The van der Waals surface area contributed by atoms with Crippen molar-refractivity contribution in [3.05, 3.63) is 23.8 Å². The van der Waals surface area contributed by atoms with Crippen LogP contribution in [-0.2, 0) is 0 Å². The first kappa shape index (κ1) is 12.9. The molecule has 0 radical (unpaired) electrons. The van der Waals surface area contributed by atoms with Crippen LogP contribution >= 0.6 is 0 Å². The topological polar surface area (TPSA) is 38.0 Å². The molecule has 0 spiro atoms. The third kappa shape index (κ3) is 4.56. The van der Waals surface area contributed by atoms with E-state index in [1.54, 1.807) is 0 Å². The Kier molecular flexibility index (Phi) is 5.17. The van der Waals surface area contributed by atoms with Crippen molar-refractivity contribution in [3.63, 3.8) is 0 Å². The van der Waals surface area contributed by atoms with E-state index in [1.807, 2.05) is 12.1 Å². The van der Waals surface area contributed by atoms with Gasteiger partial charge in [-0.1, -0.05) is 32.8 Å². The van der Waals surface area contributed by atoms with Gasteiger partial charge in [0.2, 0.25) is 0 Å². The second kappa shape index (κ2) is 6.41. The average molecular weight is 220 g/mol. The fourth-order valence-corrected chi connectivity index (χ4v) is 1.73. The first-order valence-electron chi connectivity index (χ1n) is 6.19. The molecule has 0 atom stereocenters. The molecule has 16 heavy (non-hydrogen) atoms. The number of nitrogen functional groups attached to an aromatic ring is 1. The van der Waals surface area contributed by atoms with E-state index in [4.69, 9.17) is 5.73 Å². The van der Waals surface area contributed by atoms with E-state index >= 15 is 0 Å². The lowest BCUT2D eigenvalue weighted by Gasteiger charge is -2.10. The molecule has 0 aromatic heterocycles. The molecule has 0 aliphatic rings. The number of nitrogens with two attached hydrogens (primary N) is 1. The van der Waals surface area contributed by atoms with Gasteiger partial charge in [-0.3, -0.25) is 0 Å². The van der Waals surface area contributed by atoms with Crippen LogP contribution in [0.25, 0.3) is 0 Å². The molecule has 2 nitrogen and oxygen atoms in total. The predicted octanol–water partition coefficient (Wildman–Crippen LogP) is 3.82. The highest BCUT2D eigenvalue weighted by Crippen LogP contribution is 2.18. The van der Waals surface area contributed by atoms with Gasteiger partial charge in [-0.05, 0) is 37.0 Å². The molecular weight excluding hydrogens is 196 g/mol. The van der Waals surface area contributed by atoms with Crippen molar-refractivity contribution in [3.8, 4) is 0 Å². The summed E-state index contributed by atoms with van der Waals surface area (Å²) in [5.41, 5.74) is 9.02. The maximum atomic E-state index is 5.76. The number of unbranched alkanes of at least 4 members (excludes halogenated alkanes) is 1. The standard InChI is InChI=1S/C14H24N2/c1-11(2)6-4-5-9-16-14-10-13(15)8-7-12(14)3/h7-8,10-11,16H,4-6,9,15H2,1-3H3. The zero-order valence-corrected chi connectivity index (χ0v) is 10.7. The molecule has 0 saturated carbocycles.